The molecule has 0 bridgehead atoms. The highest BCUT2D eigenvalue weighted by atomic mass is 19.1. The van der Waals surface area contributed by atoms with Crippen LogP contribution in [-0.4, -0.2) is 29.2 Å². The van der Waals surface area contributed by atoms with E-state index >= 15 is 0 Å². The summed E-state index contributed by atoms with van der Waals surface area (Å²) in [5.41, 5.74) is 2.25. The van der Waals surface area contributed by atoms with Crippen molar-refractivity contribution in [3.8, 4) is 17.1 Å². The van der Waals surface area contributed by atoms with Gasteiger partial charge in [0.1, 0.15) is 11.6 Å². The number of unbranched alkanes of at least 4 members (excludes halogenated alkanes) is 1. The first-order valence-electron chi connectivity index (χ1n) is 10.2. The predicted octanol–water partition coefficient (Wildman–Crippen LogP) is 4.88. The Bertz CT molecular complexity index is 1030. The Morgan fingerprint density at radius 2 is 2.03 bits per heavy atom. The van der Waals surface area contributed by atoms with Gasteiger partial charge in [0, 0.05) is 24.2 Å². The number of amides is 1. The van der Waals surface area contributed by atoms with Gasteiger partial charge >= 0.3 is 0 Å². The van der Waals surface area contributed by atoms with Crippen molar-refractivity contribution in [2.24, 2.45) is 0 Å². The molecule has 0 N–H and O–H groups in total. The summed E-state index contributed by atoms with van der Waals surface area (Å²) in [7, 11) is 0. The van der Waals surface area contributed by atoms with Gasteiger partial charge in [0.25, 0.3) is 0 Å². The Morgan fingerprint density at radius 3 is 2.77 bits per heavy atom. The third-order valence-corrected chi connectivity index (χ3v) is 5.24. The number of ether oxygens (including phenoxy) is 1. The van der Waals surface area contributed by atoms with Crippen LogP contribution in [0.15, 0.2) is 47.0 Å². The first-order chi connectivity index (χ1) is 14.5. The number of benzene rings is 2. The predicted molar refractivity (Wildman–Crippen MR) is 111 cm³/mol. The lowest BCUT2D eigenvalue weighted by molar-refractivity contribution is -0.117. The third-order valence-electron chi connectivity index (χ3n) is 5.24. The molecule has 3 aromatic rings. The molecule has 4 rings (SSSR count). The van der Waals surface area contributed by atoms with Crippen LogP contribution in [0.5, 0.6) is 5.75 Å². The Hall–Kier alpha value is -3.22. The number of rotatable bonds is 7. The van der Waals surface area contributed by atoms with Crippen molar-refractivity contribution in [3.63, 3.8) is 0 Å². The Morgan fingerprint density at radius 1 is 1.23 bits per heavy atom. The van der Waals surface area contributed by atoms with E-state index in [1.807, 2.05) is 24.3 Å². The molecule has 1 aliphatic rings. The van der Waals surface area contributed by atoms with E-state index in [-0.39, 0.29) is 24.1 Å². The fourth-order valence-electron chi connectivity index (χ4n) is 3.58. The molecule has 0 aliphatic carbocycles. The number of anilines is 1. The van der Waals surface area contributed by atoms with E-state index < -0.39 is 0 Å². The first kappa shape index (κ1) is 20.1. The lowest BCUT2D eigenvalue weighted by Crippen LogP contribution is -2.25. The fourth-order valence-corrected chi connectivity index (χ4v) is 3.58. The van der Waals surface area contributed by atoms with Gasteiger partial charge in [-0.1, -0.05) is 18.5 Å². The van der Waals surface area contributed by atoms with Crippen molar-refractivity contribution in [3.05, 3.63) is 59.7 Å². The minimum atomic E-state index is -0.317. The number of halogens is 1. The number of hydrogen-bond acceptors (Lipinski definition) is 5. The highest BCUT2D eigenvalue weighted by Gasteiger charge is 2.35. The van der Waals surface area contributed by atoms with Crippen LogP contribution in [0.25, 0.3) is 11.4 Å². The van der Waals surface area contributed by atoms with Gasteiger partial charge in [-0.25, -0.2) is 4.39 Å². The average molecular weight is 409 g/mol. The van der Waals surface area contributed by atoms with E-state index in [1.165, 1.54) is 12.1 Å². The van der Waals surface area contributed by atoms with Crippen molar-refractivity contribution < 1.29 is 18.4 Å². The molecule has 0 spiro atoms. The SMILES string of the molecule is CCCCOc1ccc(-c2noc(C3CC(=O)N(c4ccc(F)cc4C)C3)n2)cc1. The van der Waals surface area contributed by atoms with Crippen LogP contribution in [0.2, 0.25) is 0 Å². The summed E-state index contributed by atoms with van der Waals surface area (Å²) in [4.78, 5) is 18.7. The van der Waals surface area contributed by atoms with Crippen LogP contribution in [0.1, 0.15) is 43.6 Å². The monoisotopic (exact) mass is 409 g/mol. The zero-order chi connectivity index (χ0) is 21.1. The van der Waals surface area contributed by atoms with Gasteiger partial charge in [0.15, 0.2) is 0 Å². The third kappa shape index (κ3) is 4.20. The van der Waals surface area contributed by atoms with Crippen molar-refractivity contribution in [1.82, 2.24) is 10.1 Å². The highest BCUT2D eigenvalue weighted by molar-refractivity contribution is 5.97. The van der Waals surface area contributed by atoms with E-state index in [0.29, 0.717) is 30.6 Å². The highest BCUT2D eigenvalue weighted by Crippen LogP contribution is 2.33. The second kappa shape index (κ2) is 8.65. The molecule has 1 unspecified atom stereocenters. The van der Waals surface area contributed by atoms with Crippen molar-refractivity contribution >= 4 is 11.6 Å². The first-order valence-corrected chi connectivity index (χ1v) is 10.2. The minimum absolute atomic E-state index is 0.0389. The van der Waals surface area contributed by atoms with Gasteiger partial charge in [-0.05, 0) is 61.4 Å². The van der Waals surface area contributed by atoms with Gasteiger partial charge in [-0.2, -0.15) is 4.98 Å². The molecule has 1 aromatic heterocycles. The summed E-state index contributed by atoms with van der Waals surface area (Å²) in [6.45, 7) is 5.04. The Balaban J connectivity index is 1.46. The smallest absolute Gasteiger partial charge is 0.232 e. The molecule has 1 amide bonds. The molecule has 0 saturated carbocycles. The van der Waals surface area contributed by atoms with Crippen LogP contribution >= 0.6 is 0 Å². The zero-order valence-electron chi connectivity index (χ0n) is 17.1. The molecule has 156 valence electrons. The summed E-state index contributed by atoms with van der Waals surface area (Å²) in [6, 6.07) is 12.0. The van der Waals surface area contributed by atoms with Gasteiger partial charge in [0.05, 0.1) is 12.5 Å². The summed E-state index contributed by atoms with van der Waals surface area (Å²) in [5, 5.41) is 4.08. The maximum atomic E-state index is 13.4. The molecule has 1 atom stereocenters. The summed E-state index contributed by atoms with van der Waals surface area (Å²) in [6.07, 6.45) is 2.39. The quantitative estimate of drug-likeness (QED) is 0.520. The van der Waals surface area contributed by atoms with Gasteiger partial charge in [0.2, 0.25) is 17.6 Å². The lowest BCUT2D eigenvalue weighted by Gasteiger charge is -2.18. The molecule has 2 aromatic carbocycles. The maximum absolute atomic E-state index is 13.4. The Labute approximate surface area is 174 Å². The second-order valence-electron chi connectivity index (χ2n) is 7.52. The molecular formula is C23H24FN3O3. The molecule has 30 heavy (non-hydrogen) atoms. The van der Waals surface area contributed by atoms with Crippen molar-refractivity contribution in [2.75, 3.05) is 18.1 Å². The summed E-state index contributed by atoms with van der Waals surface area (Å²) >= 11 is 0. The summed E-state index contributed by atoms with van der Waals surface area (Å²) in [5.74, 6) is 1.17. The van der Waals surface area contributed by atoms with Crippen LogP contribution < -0.4 is 9.64 Å². The number of aryl methyl sites for hydroxylation is 1. The number of carbonyl (C=O) groups excluding carboxylic acids is 1. The van der Waals surface area contributed by atoms with Crippen LogP contribution in [0, 0.1) is 12.7 Å². The van der Waals surface area contributed by atoms with E-state index in [4.69, 9.17) is 9.26 Å². The van der Waals surface area contributed by atoms with Crippen LogP contribution in [-0.2, 0) is 4.79 Å². The largest absolute Gasteiger partial charge is 0.494 e. The number of aromatic nitrogens is 2. The molecular weight excluding hydrogens is 385 g/mol. The normalized spacial score (nSPS) is 16.3. The molecule has 0 radical (unpaired) electrons. The van der Waals surface area contributed by atoms with E-state index in [2.05, 4.69) is 17.1 Å². The lowest BCUT2D eigenvalue weighted by atomic mass is 10.1. The van der Waals surface area contributed by atoms with Crippen LogP contribution in [0.4, 0.5) is 10.1 Å². The molecule has 1 aliphatic heterocycles. The average Bonchev–Trinajstić information content (AvgIpc) is 3.36. The van der Waals surface area contributed by atoms with Crippen molar-refractivity contribution in [1.29, 1.82) is 0 Å². The number of nitrogens with zero attached hydrogens (tertiary/aromatic N) is 3. The van der Waals surface area contributed by atoms with Gasteiger partial charge < -0.3 is 14.2 Å². The zero-order valence-corrected chi connectivity index (χ0v) is 17.1. The van der Waals surface area contributed by atoms with Crippen LogP contribution in [0.3, 0.4) is 0 Å². The standard InChI is InChI=1S/C23H24FN3O3/c1-3-4-11-29-19-8-5-16(6-9-19)22-25-23(30-26-22)17-13-21(28)27(14-17)20-10-7-18(24)12-15(20)2/h5-10,12,17H,3-4,11,13-14H2,1-2H3. The molecule has 6 nitrogen and oxygen atoms in total. The molecule has 7 heteroatoms. The minimum Gasteiger partial charge on any atom is -0.494 e. The Kier molecular flexibility index (Phi) is 5.79. The van der Waals surface area contributed by atoms with Crippen molar-refractivity contribution in [2.45, 2.75) is 39.0 Å². The number of hydrogen-bond donors (Lipinski definition) is 0. The summed E-state index contributed by atoms with van der Waals surface area (Å²) < 4.78 is 24.5. The van der Waals surface area contributed by atoms with E-state index in [1.54, 1.807) is 17.9 Å². The maximum Gasteiger partial charge on any atom is 0.232 e. The van der Waals surface area contributed by atoms with E-state index in [0.717, 1.165) is 29.7 Å². The van der Waals surface area contributed by atoms with E-state index in [9.17, 15) is 9.18 Å². The fraction of sp³-hybridized carbons (Fsp3) is 0.348. The topological polar surface area (TPSA) is 68.5 Å². The molecule has 1 fully saturated rings. The van der Waals surface area contributed by atoms with Gasteiger partial charge in [-0.15, -0.1) is 0 Å². The molecule has 1 saturated heterocycles. The molecule has 2 heterocycles. The van der Waals surface area contributed by atoms with Gasteiger partial charge in [-0.3, -0.25) is 4.79 Å². The second-order valence-corrected chi connectivity index (χ2v) is 7.52. The number of carbonyl (C=O) groups is 1.